The zero-order valence-corrected chi connectivity index (χ0v) is 19.2. The summed E-state index contributed by atoms with van der Waals surface area (Å²) in [5.41, 5.74) is 0.483. The van der Waals surface area contributed by atoms with Gasteiger partial charge in [0, 0.05) is 31.3 Å². The summed E-state index contributed by atoms with van der Waals surface area (Å²) >= 11 is 6.22. The number of hydrogen-bond donors (Lipinski definition) is 0. The highest BCUT2D eigenvalue weighted by Gasteiger charge is 2.35. The van der Waals surface area contributed by atoms with Crippen LogP contribution < -0.4 is 4.90 Å². The van der Waals surface area contributed by atoms with Gasteiger partial charge in [-0.3, -0.25) is 4.79 Å². The van der Waals surface area contributed by atoms with E-state index in [2.05, 4.69) is 0 Å². The number of hydrogen-bond acceptors (Lipinski definition) is 4. The van der Waals surface area contributed by atoms with E-state index in [4.69, 9.17) is 16.3 Å². The van der Waals surface area contributed by atoms with Crippen LogP contribution in [-0.2, 0) is 21.2 Å². The van der Waals surface area contributed by atoms with Gasteiger partial charge in [-0.25, -0.2) is 17.2 Å². The first-order valence-electron chi connectivity index (χ1n) is 10.3. The van der Waals surface area contributed by atoms with Crippen LogP contribution in [0.15, 0.2) is 35.2 Å². The van der Waals surface area contributed by atoms with Gasteiger partial charge in [0.2, 0.25) is 10.0 Å². The number of sulfonamides is 1. The number of aryl methyl sites for hydroxylation is 1. The normalized spacial score (nSPS) is 22.0. The molecule has 2 aromatic carbocycles. The summed E-state index contributed by atoms with van der Waals surface area (Å²) in [5.74, 6) is -2.11. The molecule has 32 heavy (non-hydrogen) atoms. The minimum Gasteiger partial charge on any atom is -0.373 e. The average molecular weight is 485 g/mol. The fourth-order valence-electron chi connectivity index (χ4n) is 4.31. The third kappa shape index (κ3) is 4.26. The van der Waals surface area contributed by atoms with Crippen LogP contribution in [-0.4, -0.2) is 50.5 Å². The molecule has 4 rings (SSSR count). The first-order valence-corrected chi connectivity index (χ1v) is 12.1. The maximum Gasteiger partial charge on any atom is 0.258 e. The van der Waals surface area contributed by atoms with Gasteiger partial charge in [-0.15, -0.1) is 0 Å². The summed E-state index contributed by atoms with van der Waals surface area (Å²) in [4.78, 5) is 14.3. The summed E-state index contributed by atoms with van der Waals surface area (Å²) in [7, 11) is -3.99. The van der Waals surface area contributed by atoms with Crippen molar-refractivity contribution in [3.63, 3.8) is 0 Å². The minimum atomic E-state index is -3.99. The van der Waals surface area contributed by atoms with Gasteiger partial charge in [-0.05, 0) is 56.5 Å². The molecule has 10 heteroatoms. The third-order valence-electron chi connectivity index (χ3n) is 5.63. The smallest absolute Gasteiger partial charge is 0.258 e. The topological polar surface area (TPSA) is 66.9 Å². The number of fused-ring (bicyclic) bond motifs is 1. The Morgan fingerprint density at radius 2 is 1.81 bits per heavy atom. The maximum atomic E-state index is 14.5. The van der Waals surface area contributed by atoms with Crippen LogP contribution in [0.3, 0.4) is 0 Å². The number of anilines is 1. The number of morpholine rings is 1. The molecule has 2 atom stereocenters. The Labute approximate surface area is 190 Å². The lowest BCUT2D eigenvalue weighted by molar-refractivity contribution is -0.0440. The number of amides is 1. The fraction of sp³-hybridized carbons (Fsp3) is 0.409. The van der Waals surface area contributed by atoms with Crippen molar-refractivity contribution in [3.05, 3.63) is 58.1 Å². The van der Waals surface area contributed by atoms with Gasteiger partial charge in [0.15, 0.2) is 0 Å². The number of benzene rings is 2. The first-order chi connectivity index (χ1) is 15.1. The third-order valence-corrected chi connectivity index (χ3v) is 7.95. The van der Waals surface area contributed by atoms with Crippen molar-refractivity contribution in [2.75, 3.05) is 24.5 Å². The molecule has 6 nitrogen and oxygen atoms in total. The lowest BCUT2D eigenvalue weighted by atomic mass is 10.00. The predicted octanol–water partition coefficient (Wildman–Crippen LogP) is 4.01. The quantitative estimate of drug-likeness (QED) is 0.660. The summed E-state index contributed by atoms with van der Waals surface area (Å²) in [6.07, 6.45) is 0.404. The highest BCUT2D eigenvalue weighted by molar-refractivity contribution is 7.89. The van der Waals surface area contributed by atoms with Gasteiger partial charge < -0.3 is 9.64 Å². The SMILES string of the molecule is CC1CN(S(=O)(=O)c2cc(C(=O)N3CCCc4cc(F)cc(F)c43)ccc2Cl)CC(C)O1. The zero-order chi connectivity index (χ0) is 23.2. The fourth-order valence-corrected chi connectivity index (χ4v) is 6.40. The summed E-state index contributed by atoms with van der Waals surface area (Å²) in [5, 5.41) is -0.0133. The van der Waals surface area contributed by atoms with Gasteiger partial charge in [-0.1, -0.05) is 11.6 Å². The molecule has 2 unspecified atom stereocenters. The standard InChI is InChI=1S/C22H23ClF2N2O4S/c1-13-11-26(12-14(2)31-13)32(29,30)20-9-16(5-6-18(20)23)22(28)27-7-3-4-15-8-17(24)10-19(25)21(15)27/h5-6,8-10,13-14H,3-4,7,11-12H2,1-2H3. The van der Waals surface area contributed by atoms with Crippen LogP contribution in [0.1, 0.15) is 36.2 Å². The predicted molar refractivity (Wildman–Crippen MR) is 117 cm³/mol. The van der Waals surface area contributed by atoms with Crippen LogP contribution in [0.2, 0.25) is 5.02 Å². The Hall–Kier alpha value is -2.07. The second kappa shape index (κ2) is 8.70. The maximum absolute atomic E-state index is 14.5. The molecular weight excluding hydrogens is 462 g/mol. The molecular formula is C22H23ClF2N2O4S. The van der Waals surface area contributed by atoms with Crippen LogP contribution >= 0.6 is 11.6 Å². The molecule has 0 saturated carbocycles. The summed E-state index contributed by atoms with van der Waals surface area (Å²) < 4.78 is 61.7. The molecule has 2 aliphatic rings. The van der Waals surface area contributed by atoms with Gasteiger partial charge in [0.05, 0.1) is 22.9 Å². The molecule has 0 radical (unpaired) electrons. The van der Waals surface area contributed by atoms with Crippen molar-refractivity contribution in [1.82, 2.24) is 4.31 Å². The Balaban J connectivity index is 1.71. The molecule has 1 fully saturated rings. The highest BCUT2D eigenvalue weighted by Crippen LogP contribution is 2.34. The molecule has 2 aliphatic heterocycles. The molecule has 2 aromatic rings. The number of ether oxygens (including phenoxy) is 1. The minimum absolute atomic E-state index is 0.0133. The van der Waals surface area contributed by atoms with E-state index in [-0.39, 0.29) is 53.0 Å². The number of carbonyl (C=O) groups excluding carboxylic acids is 1. The largest absolute Gasteiger partial charge is 0.373 e. The van der Waals surface area contributed by atoms with Crippen molar-refractivity contribution in [3.8, 4) is 0 Å². The second-order valence-corrected chi connectivity index (χ2v) is 10.5. The molecule has 1 saturated heterocycles. The van der Waals surface area contributed by atoms with Crippen molar-refractivity contribution >= 4 is 33.2 Å². The highest BCUT2D eigenvalue weighted by atomic mass is 35.5. The van der Waals surface area contributed by atoms with E-state index in [1.54, 1.807) is 13.8 Å². The van der Waals surface area contributed by atoms with E-state index >= 15 is 0 Å². The van der Waals surface area contributed by atoms with Crippen molar-refractivity contribution in [1.29, 1.82) is 0 Å². The van der Waals surface area contributed by atoms with Gasteiger partial charge >= 0.3 is 0 Å². The van der Waals surface area contributed by atoms with Crippen LogP contribution in [0, 0.1) is 11.6 Å². The van der Waals surface area contributed by atoms with E-state index in [1.165, 1.54) is 33.5 Å². The van der Waals surface area contributed by atoms with Crippen LogP contribution in [0.4, 0.5) is 14.5 Å². The number of rotatable bonds is 3. The molecule has 0 bridgehead atoms. The van der Waals surface area contributed by atoms with E-state index < -0.39 is 27.6 Å². The molecule has 0 N–H and O–H groups in total. The Kier molecular flexibility index (Phi) is 6.28. The average Bonchev–Trinajstić information content (AvgIpc) is 2.72. The summed E-state index contributed by atoms with van der Waals surface area (Å²) in [6, 6.07) is 5.94. The van der Waals surface area contributed by atoms with E-state index in [1.807, 2.05) is 0 Å². The van der Waals surface area contributed by atoms with E-state index in [0.717, 1.165) is 6.07 Å². The molecule has 0 spiro atoms. The number of halogens is 3. The lowest BCUT2D eigenvalue weighted by Gasteiger charge is -2.34. The molecule has 0 aromatic heterocycles. The summed E-state index contributed by atoms with van der Waals surface area (Å²) in [6.45, 7) is 4.13. The van der Waals surface area contributed by atoms with Crippen molar-refractivity contribution < 1.29 is 26.7 Å². The number of carbonyl (C=O) groups is 1. The number of nitrogens with zero attached hydrogens (tertiary/aromatic N) is 2. The molecule has 1 amide bonds. The van der Waals surface area contributed by atoms with E-state index in [0.29, 0.717) is 18.4 Å². The van der Waals surface area contributed by atoms with Crippen molar-refractivity contribution in [2.24, 2.45) is 0 Å². The monoisotopic (exact) mass is 484 g/mol. The molecule has 2 heterocycles. The Morgan fingerprint density at radius 3 is 2.50 bits per heavy atom. The Bertz CT molecular complexity index is 1160. The van der Waals surface area contributed by atoms with Gasteiger partial charge in [0.25, 0.3) is 5.91 Å². The van der Waals surface area contributed by atoms with Crippen LogP contribution in [0.5, 0.6) is 0 Å². The van der Waals surface area contributed by atoms with Gasteiger partial charge in [0.1, 0.15) is 16.5 Å². The van der Waals surface area contributed by atoms with Crippen LogP contribution in [0.25, 0.3) is 0 Å². The molecule has 172 valence electrons. The molecule has 0 aliphatic carbocycles. The van der Waals surface area contributed by atoms with Crippen molar-refractivity contribution in [2.45, 2.75) is 43.8 Å². The lowest BCUT2D eigenvalue weighted by Crippen LogP contribution is -2.48. The first kappa shape index (κ1) is 23.1. The Morgan fingerprint density at radius 1 is 1.12 bits per heavy atom. The second-order valence-electron chi connectivity index (χ2n) is 8.18. The van der Waals surface area contributed by atoms with E-state index in [9.17, 15) is 22.0 Å². The zero-order valence-electron chi connectivity index (χ0n) is 17.6. The van der Waals surface area contributed by atoms with Gasteiger partial charge in [-0.2, -0.15) is 4.31 Å².